The molecule has 0 saturated carbocycles. The fourth-order valence-electron chi connectivity index (χ4n) is 2.32. The summed E-state index contributed by atoms with van der Waals surface area (Å²) in [4.78, 5) is 0. The summed E-state index contributed by atoms with van der Waals surface area (Å²) in [6.45, 7) is 8.70. The largest absolute Gasteiger partial charge is 0.308 e. The van der Waals surface area contributed by atoms with Crippen LogP contribution < -0.4 is 5.32 Å². The molecule has 1 rings (SSSR count). The summed E-state index contributed by atoms with van der Waals surface area (Å²) in [5, 5.41) is 8.06. The zero-order valence-corrected chi connectivity index (χ0v) is 12.3. The highest BCUT2D eigenvalue weighted by atomic mass is 15.3. The summed E-state index contributed by atoms with van der Waals surface area (Å²) < 4.78 is 2.12. The summed E-state index contributed by atoms with van der Waals surface area (Å²) in [6.07, 6.45) is 9.50. The molecule has 1 heterocycles. The maximum absolute atomic E-state index is 4.37. The lowest BCUT2D eigenvalue weighted by molar-refractivity contribution is 0.423. The van der Waals surface area contributed by atoms with Gasteiger partial charge in [0, 0.05) is 25.3 Å². The predicted molar refractivity (Wildman–Crippen MR) is 77.6 cm³/mol. The molecule has 1 N–H and O–H groups in total. The second-order valence-corrected chi connectivity index (χ2v) is 5.05. The zero-order chi connectivity index (χ0) is 13.2. The summed E-state index contributed by atoms with van der Waals surface area (Å²) >= 11 is 0. The molecule has 0 aromatic carbocycles. The van der Waals surface area contributed by atoms with Gasteiger partial charge < -0.3 is 5.32 Å². The standard InChI is InChI=1S/C15H29N3/c1-4-7-9-14(8-5-2)16-13-15-10-11-17-18(15)12-6-3/h10-11,14,16H,4-9,12-13H2,1-3H3. The first-order chi connectivity index (χ1) is 8.81. The van der Waals surface area contributed by atoms with Crippen molar-refractivity contribution in [2.75, 3.05) is 0 Å². The molecule has 104 valence electrons. The van der Waals surface area contributed by atoms with E-state index in [1.807, 2.05) is 6.20 Å². The molecule has 0 bridgehead atoms. The summed E-state index contributed by atoms with van der Waals surface area (Å²) in [6, 6.07) is 2.80. The number of aromatic nitrogens is 2. The van der Waals surface area contributed by atoms with Gasteiger partial charge in [0.05, 0.1) is 5.69 Å². The molecule has 0 aliphatic carbocycles. The van der Waals surface area contributed by atoms with Gasteiger partial charge in [0.25, 0.3) is 0 Å². The van der Waals surface area contributed by atoms with Gasteiger partial charge in [-0.25, -0.2) is 0 Å². The number of unbranched alkanes of at least 4 members (excludes halogenated alkanes) is 1. The van der Waals surface area contributed by atoms with Crippen LogP contribution in [-0.2, 0) is 13.1 Å². The van der Waals surface area contributed by atoms with Crippen LogP contribution in [0.2, 0.25) is 0 Å². The van der Waals surface area contributed by atoms with E-state index in [1.54, 1.807) is 0 Å². The van der Waals surface area contributed by atoms with E-state index in [9.17, 15) is 0 Å². The van der Waals surface area contributed by atoms with Crippen LogP contribution in [0.4, 0.5) is 0 Å². The van der Waals surface area contributed by atoms with Crippen LogP contribution in [0.15, 0.2) is 12.3 Å². The van der Waals surface area contributed by atoms with E-state index in [1.165, 1.54) is 37.8 Å². The van der Waals surface area contributed by atoms with Crippen LogP contribution >= 0.6 is 0 Å². The molecule has 3 heteroatoms. The molecule has 0 saturated heterocycles. The molecule has 1 atom stereocenters. The first-order valence-corrected chi connectivity index (χ1v) is 7.55. The number of hydrogen-bond donors (Lipinski definition) is 1. The minimum Gasteiger partial charge on any atom is -0.308 e. The Balaban J connectivity index is 2.42. The summed E-state index contributed by atoms with van der Waals surface area (Å²) in [7, 11) is 0. The molecule has 0 amide bonds. The number of nitrogens with zero attached hydrogens (tertiary/aromatic N) is 2. The van der Waals surface area contributed by atoms with Crippen LogP contribution in [-0.4, -0.2) is 15.8 Å². The van der Waals surface area contributed by atoms with Crippen molar-refractivity contribution in [3.05, 3.63) is 18.0 Å². The molecule has 1 aromatic rings. The van der Waals surface area contributed by atoms with E-state index < -0.39 is 0 Å². The van der Waals surface area contributed by atoms with Crippen molar-refractivity contribution in [3.8, 4) is 0 Å². The van der Waals surface area contributed by atoms with Crippen LogP contribution in [0.3, 0.4) is 0 Å². The second-order valence-electron chi connectivity index (χ2n) is 5.05. The fourth-order valence-corrected chi connectivity index (χ4v) is 2.32. The molecular weight excluding hydrogens is 222 g/mol. The Morgan fingerprint density at radius 2 is 2.00 bits per heavy atom. The van der Waals surface area contributed by atoms with Crippen molar-refractivity contribution in [1.82, 2.24) is 15.1 Å². The third-order valence-electron chi connectivity index (χ3n) is 3.36. The van der Waals surface area contributed by atoms with Gasteiger partial charge in [0.2, 0.25) is 0 Å². The van der Waals surface area contributed by atoms with Gasteiger partial charge in [-0.15, -0.1) is 0 Å². The third-order valence-corrected chi connectivity index (χ3v) is 3.36. The Morgan fingerprint density at radius 1 is 1.17 bits per heavy atom. The van der Waals surface area contributed by atoms with Gasteiger partial charge in [0.15, 0.2) is 0 Å². The first kappa shape index (κ1) is 15.2. The van der Waals surface area contributed by atoms with Crippen molar-refractivity contribution in [2.45, 2.75) is 78.4 Å². The van der Waals surface area contributed by atoms with Crippen LogP contribution in [0.1, 0.15) is 65.0 Å². The Hall–Kier alpha value is -0.830. The summed E-state index contributed by atoms with van der Waals surface area (Å²) in [5.74, 6) is 0. The van der Waals surface area contributed by atoms with E-state index >= 15 is 0 Å². The minimum atomic E-state index is 0.667. The van der Waals surface area contributed by atoms with Gasteiger partial charge >= 0.3 is 0 Å². The Labute approximate surface area is 112 Å². The molecule has 3 nitrogen and oxygen atoms in total. The first-order valence-electron chi connectivity index (χ1n) is 7.55. The average Bonchev–Trinajstić information content (AvgIpc) is 2.81. The quantitative estimate of drug-likeness (QED) is 0.686. The molecule has 1 aromatic heterocycles. The van der Waals surface area contributed by atoms with E-state index in [0.29, 0.717) is 6.04 Å². The smallest absolute Gasteiger partial charge is 0.0522 e. The second kappa shape index (κ2) is 9.15. The number of aryl methyl sites for hydroxylation is 1. The van der Waals surface area contributed by atoms with Crippen molar-refractivity contribution >= 4 is 0 Å². The van der Waals surface area contributed by atoms with Gasteiger partial charge in [-0.05, 0) is 25.3 Å². The van der Waals surface area contributed by atoms with Gasteiger partial charge in [-0.2, -0.15) is 5.10 Å². The van der Waals surface area contributed by atoms with Gasteiger partial charge in [-0.3, -0.25) is 4.68 Å². The zero-order valence-electron chi connectivity index (χ0n) is 12.3. The molecular formula is C15H29N3. The molecule has 0 aliphatic heterocycles. The lowest BCUT2D eigenvalue weighted by Crippen LogP contribution is -2.29. The number of rotatable bonds is 10. The number of hydrogen-bond acceptors (Lipinski definition) is 2. The monoisotopic (exact) mass is 251 g/mol. The van der Waals surface area contributed by atoms with Crippen molar-refractivity contribution in [1.29, 1.82) is 0 Å². The third kappa shape index (κ3) is 5.21. The molecule has 0 fully saturated rings. The minimum absolute atomic E-state index is 0.667. The SMILES string of the molecule is CCCCC(CCC)NCc1ccnn1CCC. The van der Waals surface area contributed by atoms with Gasteiger partial charge in [-0.1, -0.05) is 40.0 Å². The van der Waals surface area contributed by atoms with Crippen molar-refractivity contribution < 1.29 is 0 Å². The highest BCUT2D eigenvalue weighted by Crippen LogP contribution is 2.08. The Bertz CT molecular complexity index is 306. The molecule has 0 radical (unpaired) electrons. The number of nitrogens with one attached hydrogen (secondary N) is 1. The van der Waals surface area contributed by atoms with Crippen molar-refractivity contribution in [3.63, 3.8) is 0 Å². The van der Waals surface area contributed by atoms with Crippen LogP contribution in [0, 0.1) is 0 Å². The maximum Gasteiger partial charge on any atom is 0.0522 e. The molecule has 0 spiro atoms. The van der Waals surface area contributed by atoms with Crippen molar-refractivity contribution in [2.24, 2.45) is 0 Å². The average molecular weight is 251 g/mol. The predicted octanol–water partition coefficient (Wildman–Crippen LogP) is 3.74. The molecule has 0 aliphatic rings. The lowest BCUT2D eigenvalue weighted by atomic mass is 10.1. The van der Waals surface area contributed by atoms with Gasteiger partial charge in [0.1, 0.15) is 0 Å². The van der Waals surface area contributed by atoms with Crippen LogP contribution in [0.5, 0.6) is 0 Å². The Morgan fingerprint density at radius 3 is 2.67 bits per heavy atom. The Kier molecular flexibility index (Phi) is 7.74. The topological polar surface area (TPSA) is 29.9 Å². The molecule has 18 heavy (non-hydrogen) atoms. The summed E-state index contributed by atoms with van der Waals surface area (Å²) in [5.41, 5.74) is 1.31. The van der Waals surface area contributed by atoms with E-state index in [4.69, 9.17) is 0 Å². The molecule has 1 unspecified atom stereocenters. The maximum atomic E-state index is 4.37. The van der Waals surface area contributed by atoms with E-state index in [-0.39, 0.29) is 0 Å². The fraction of sp³-hybridized carbons (Fsp3) is 0.800. The normalized spacial score (nSPS) is 12.8. The van der Waals surface area contributed by atoms with E-state index in [0.717, 1.165) is 19.5 Å². The lowest BCUT2D eigenvalue weighted by Gasteiger charge is -2.18. The highest BCUT2D eigenvalue weighted by molar-refractivity contribution is 5.00. The van der Waals surface area contributed by atoms with E-state index in [2.05, 4.69) is 41.9 Å². The van der Waals surface area contributed by atoms with Crippen LogP contribution in [0.25, 0.3) is 0 Å². The highest BCUT2D eigenvalue weighted by Gasteiger charge is 2.08.